The minimum atomic E-state index is 0.0363. The van der Waals surface area contributed by atoms with Gasteiger partial charge >= 0.3 is 0 Å². The van der Waals surface area contributed by atoms with Crippen molar-refractivity contribution in [1.82, 2.24) is 10.2 Å². The lowest BCUT2D eigenvalue weighted by Crippen LogP contribution is -2.40. The number of hydrogen-bond donors (Lipinski definition) is 2. The number of methoxy groups -OCH3 is 1. The maximum Gasteiger partial charge on any atom is 0.234 e. The molecule has 0 aromatic rings. The van der Waals surface area contributed by atoms with Crippen molar-refractivity contribution in [3.05, 3.63) is 0 Å². The van der Waals surface area contributed by atoms with E-state index in [1.165, 1.54) is 0 Å². The Morgan fingerprint density at radius 2 is 2.27 bits per heavy atom. The standard InChI is InChI=1S/C10H23N3O2/c1-9(11)7-13(2)8-10(14)12-5-4-6-15-3/h9H,4-8,11H2,1-3H3,(H,12,14). The summed E-state index contributed by atoms with van der Waals surface area (Å²) in [6.07, 6.45) is 0.846. The Labute approximate surface area is 91.9 Å². The van der Waals surface area contributed by atoms with Crippen molar-refractivity contribution in [3.63, 3.8) is 0 Å². The molecule has 0 aliphatic rings. The fourth-order valence-electron chi connectivity index (χ4n) is 1.30. The number of ether oxygens (including phenoxy) is 1. The van der Waals surface area contributed by atoms with Crippen LogP contribution >= 0.6 is 0 Å². The maximum atomic E-state index is 11.4. The second-order valence-electron chi connectivity index (χ2n) is 3.87. The van der Waals surface area contributed by atoms with E-state index in [0.29, 0.717) is 19.7 Å². The first-order valence-electron chi connectivity index (χ1n) is 5.26. The fourth-order valence-corrected chi connectivity index (χ4v) is 1.30. The minimum absolute atomic E-state index is 0.0363. The first kappa shape index (κ1) is 14.3. The molecule has 0 heterocycles. The van der Waals surface area contributed by atoms with Crippen molar-refractivity contribution in [3.8, 4) is 0 Å². The number of carbonyl (C=O) groups excluding carboxylic acids is 1. The molecule has 1 amide bonds. The van der Waals surface area contributed by atoms with E-state index in [4.69, 9.17) is 10.5 Å². The van der Waals surface area contributed by atoms with Crippen LogP contribution in [0, 0.1) is 0 Å². The first-order valence-corrected chi connectivity index (χ1v) is 5.26. The molecule has 0 aliphatic carbocycles. The number of nitrogens with one attached hydrogen (secondary N) is 1. The van der Waals surface area contributed by atoms with Gasteiger partial charge in [0.05, 0.1) is 6.54 Å². The van der Waals surface area contributed by atoms with Gasteiger partial charge < -0.3 is 15.8 Å². The molecular formula is C10H23N3O2. The Kier molecular flexibility index (Phi) is 8.27. The average Bonchev–Trinajstić information content (AvgIpc) is 2.10. The van der Waals surface area contributed by atoms with Crippen molar-refractivity contribution >= 4 is 5.91 Å². The molecule has 0 saturated carbocycles. The van der Waals surface area contributed by atoms with E-state index in [1.54, 1.807) is 7.11 Å². The number of rotatable bonds is 8. The number of amides is 1. The predicted molar refractivity (Wildman–Crippen MR) is 60.6 cm³/mol. The summed E-state index contributed by atoms with van der Waals surface area (Å²) in [6, 6.07) is 0.0938. The number of likely N-dealkylation sites (N-methyl/N-ethyl adjacent to an activating group) is 1. The van der Waals surface area contributed by atoms with Crippen molar-refractivity contribution < 1.29 is 9.53 Å². The van der Waals surface area contributed by atoms with Gasteiger partial charge in [0.15, 0.2) is 0 Å². The minimum Gasteiger partial charge on any atom is -0.385 e. The Hall–Kier alpha value is -0.650. The van der Waals surface area contributed by atoms with Crippen LogP contribution in [0.15, 0.2) is 0 Å². The lowest BCUT2D eigenvalue weighted by molar-refractivity contribution is -0.122. The molecule has 90 valence electrons. The molecule has 0 aromatic heterocycles. The third kappa shape index (κ3) is 9.65. The monoisotopic (exact) mass is 217 g/mol. The Morgan fingerprint density at radius 1 is 1.60 bits per heavy atom. The molecule has 0 aliphatic heterocycles. The van der Waals surface area contributed by atoms with Gasteiger partial charge in [-0.15, -0.1) is 0 Å². The number of nitrogens with zero attached hydrogens (tertiary/aromatic N) is 1. The molecule has 1 unspecified atom stereocenters. The van der Waals surface area contributed by atoms with Crippen LogP contribution in [-0.2, 0) is 9.53 Å². The molecule has 15 heavy (non-hydrogen) atoms. The maximum absolute atomic E-state index is 11.4. The van der Waals surface area contributed by atoms with Gasteiger partial charge in [0, 0.05) is 32.8 Å². The van der Waals surface area contributed by atoms with E-state index in [2.05, 4.69) is 5.32 Å². The number of carbonyl (C=O) groups is 1. The molecule has 0 radical (unpaired) electrons. The van der Waals surface area contributed by atoms with E-state index in [1.807, 2.05) is 18.9 Å². The summed E-state index contributed by atoms with van der Waals surface area (Å²) in [5.41, 5.74) is 5.62. The Balaban J connectivity index is 3.47. The Bertz CT molecular complexity index is 174. The van der Waals surface area contributed by atoms with Crippen LogP contribution < -0.4 is 11.1 Å². The molecular weight excluding hydrogens is 194 g/mol. The van der Waals surface area contributed by atoms with Gasteiger partial charge in [-0.25, -0.2) is 0 Å². The Morgan fingerprint density at radius 3 is 2.80 bits per heavy atom. The molecule has 0 saturated heterocycles. The van der Waals surface area contributed by atoms with Crippen molar-refractivity contribution in [2.24, 2.45) is 5.73 Å². The predicted octanol–water partition coefficient (Wildman–Crippen LogP) is -0.582. The summed E-state index contributed by atoms with van der Waals surface area (Å²) in [5.74, 6) is 0.0363. The van der Waals surface area contributed by atoms with Gasteiger partial charge in [-0.3, -0.25) is 9.69 Å². The molecule has 1 atom stereocenters. The quantitative estimate of drug-likeness (QED) is 0.534. The van der Waals surface area contributed by atoms with Gasteiger partial charge in [-0.05, 0) is 20.4 Å². The summed E-state index contributed by atoms with van der Waals surface area (Å²) >= 11 is 0. The van der Waals surface area contributed by atoms with Gasteiger partial charge in [0.2, 0.25) is 5.91 Å². The second kappa shape index (κ2) is 8.64. The molecule has 0 bridgehead atoms. The van der Waals surface area contributed by atoms with E-state index in [9.17, 15) is 4.79 Å². The van der Waals surface area contributed by atoms with Crippen LogP contribution in [0.25, 0.3) is 0 Å². The van der Waals surface area contributed by atoms with Crippen LogP contribution in [0.2, 0.25) is 0 Å². The number of nitrogens with two attached hydrogens (primary N) is 1. The third-order valence-electron chi connectivity index (χ3n) is 1.86. The van der Waals surface area contributed by atoms with Crippen LogP contribution in [-0.4, -0.2) is 57.2 Å². The molecule has 5 nitrogen and oxygen atoms in total. The smallest absolute Gasteiger partial charge is 0.234 e. The van der Waals surface area contributed by atoms with E-state index in [0.717, 1.165) is 13.0 Å². The average molecular weight is 217 g/mol. The van der Waals surface area contributed by atoms with Gasteiger partial charge in [0.25, 0.3) is 0 Å². The van der Waals surface area contributed by atoms with E-state index >= 15 is 0 Å². The molecule has 0 fully saturated rings. The highest BCUT2D eigenvalue weighted by Crippen LogP contribution is 1.85. The molecule has 3 N–H and O–H groups in total. The lowest BCUT2D eigenvalue weighted by atomic mass is 10.3. The SMILES string of the molecule is COCCCNC(=O)CN(C)CC(C)N. The normalized spacial score (nSPS) is 12.9. The summed E-state index contributed by atoms with van der Waals surface area (Å²) in [4.78, 5) is 13.3. The first-order chi connectivity index (χ1) is 7.06. The van der Waals surface area contributed by atoms with Crippen molar-refractivity contribution in [2.45, 2.75) is 19.4 Å². The summed E-state index contributed by atoms with van der Waals surface area (Å²) in [5, 5.41) is 2.82. The lowest BCUT2D eigenvalue weighted by Gasteiger charge is -2.18. The van der Waals surface area contributed by atoms with Crippen LogP contribution in [0.4, 0.5) is 0 Å². The molecule has 0 rings (SSSR count). The third-order valence-corrected chi connectivity index (χ3v) is 1.86. The zero-order valence-electron chi connectivity index (χ0n) is 9.95. The summed E-state index contributed by atoms with van der Waals surface area (Å²) in [6.45, 7) is 4.39. The second-order valence-corrected chi connectivity index (χ2v) is 3.87. The molecule has 5 heteroatoms. The van der Waals surface area contributed by atoms with Crippen molar-refractivity contribution in [1.29, 1.82) is 0 Å². The highest BCUT2D eigenvalue weighted by Gasteiger charge is 2.06. The number of hydrogen-bond acceptors (Lipinski definition) is 4. The topological polar surface area (TPSA) is 67.6 Å². The van der Waals surface area contributed by atoms with Crippen LogP contribution in [0.5, 0.6) is 0 Å². The molecule has 0 spiro atoms. The largest absolute Gasteiger partial charge is 0.385 e. The van der Waals surface area contributed by atoms with Crippen molar-refractivity contribution in [2.75, 3.05) is 40.4 Å². The van der Waals surface area contributed by atoms with E-state index < -0.39 is 0 Å². The van der Waals surface area contributed by atoms with Crippen LogP contribution in [0.3, 0.4) is 0 Å². The highest BCUT2D eigenvalue weighted by atomic mass is 16.5. The summed E-state index contributed by atoms with van der Waals surface area (Å²) in [7, 11) is 3.54. The highest BCUT2D eigenvalue weighted by molar-refractivity contribution is 5.77. The zero-order chi connectivity index (χ0) is 11.7. The fraction of sp³-hybridized carbons (Fsp3) is 0.900. The van der Waals surface area contributed by atoms with Gasteiger partial charge in [-0.1, -0.05) is 0 Å². The van der Waals surface area contributed by atoms with Gasteiger partial charge in [0.1, 0.15) is 0 Å². The molecule has 0 aromatic carbocycles. The summed E-state index contributed by atoms with van der Waals surface area (Å²) < 4.78 is 4.88. The van der Waals surface area contributed by atoms with Gasteiger partial charge in [-0.2, -0.15) is 0 Å². The van der Waals surface area contributed by atoms with E-state index in [-0.39, 0.29) is 11.9 Å². The van der Waals surface area contributed by atoms with Crippen LogP contribution in [0.1, 0.15) is 13.3 Å². The zero-order valence-corrected chi connectivity index (χ0v) is 9.95.